The van der Waals surface area contributed by atoms with Gasteiger partial charge in [0, 0.05) is 5.56 Å². The quantitative estimate of drug-likeness (QED) is 0.741. The lowest BCUT2D eigenvalue weighted by Crippen LogP contribution is -2.05. The van der Waals surface area contributed by atoms with E-state index in [9.17, 15) is 0 Å². The number of halogens is 1. The van der Waals surface area contributed by atoms with Crippen molar-refractivity contribution >= 4 is 11.6 Å². The van der Waals surface area contributed by atoms with Gasteiger partial charge in [0.25, 0.3) is 0 Å². The number of hydrogen-bond acceptors (Lipinski definition) is 3. The van der Waals surface area contributed by atoms with Crippen LogP contribution in [-0.4, -0.2) is 20.2 Å². The van der Waals surface area contributed by atoms with E-state index in [0.717, 1.165) is 5.56 Å². The minimum atomic E-state index is 0.546. The van der Waals surface area contributed by atoms with Gasteiger partial charge in [-0.05, 0) is 35.4 Å². The molecule has 3 aromatic rings. The number of tetrazole rings is 1. The summed E-state index contributed by atoms with van der Waals surface area (Å²) in [5.41, 5.74) is 3.19. The topological polar surface area (TPSA) is 43.6 Å². The van der Waals surface area contributed by atoms with E-state index in [4.69, 9.17) is 11.6 Å². The molecule has 0 bridgehead atoms. The molecule has 0 spiro atoms. The Labute approximate surface area is 122 Å². The molecule has 5 heteroatoms. The Morgan fingerprint density at radius 1 is 1.05 bits per heavy atom. The first-order valence-corrected chi connectivity index (χ1v) is 6.69. The van der Waals surface area contributed by atoms with Crippen molar-refractivity contribution in [3.63, 3.8) is 0 Å². The van der Waals surface area contributed by atoms with Gasteiger partial charge in [-0.3, -0.25) is 0 Å². The molecule has 0 amide bonds. The fourth-order valence-corrected chi connectivity index (χ4v) is 2.22. The van der Waals surface area contributed by atoms with E-state index in [1.165, 1.54) is 11.1 Å². The zero-order valence-corrected chi connectivity index (χ0v) is 11.7. The second kappa shape index (κ2) is 5.43. The lowest BCUT2D eigenvalue weighted by atomic mass is 10.1. The van der Waals surface area contributed by atoms with E-state index in [1.54, 1.807) is 4.80 Å². The first kappa shape index (κ1) is 12.8. The molecule has 2 aromatic carbocycles. The van der Waals surface area contributed by atoms with Gasteiger partial charge < -0.3 is 0 Å². The van der Waals surface area contributed by atoms with Crippen LogP contribution in [0.25, 0.3) is 11.4 Å². The number of rotatable bonds is 3. The molecule has 3 rings (SSSR count). The normalized spacial score (nSPS) is 10.7. The Morgan fingerprint density at radius 3 is 2.60 bits per heavy atom. The summed E-state index contributed by atoms with van der Waals surface area (Å²) in [5, 5.41) is 13.2. The average Bonchev–Trinajstić information content (AvgIpc) is 2.90. The van der Waals surface area contributed by atoms with Crippen LogP contribution in [0.15, 0.2) is 48.5 Å². The summed E-state index contributed by atoms with van der Waals surface area (Å²) in [6.45, 7) is 2.67. The lowest BCUT2D eigenvalue weighted by Gasteiger charge is -2.03. The molecule has 0 radical (unpaired) electrons. The first-order chi connectivity index (χ1) is 9.74. The molecular weight excluding hydrogens is 272 g/mol. The molecule has 0 aliphatic rings. The molecule has 0 saturated heterocycles. The molecule has 0 fully saturated rings. The highest BCUT2D eigenvalue weighted by Crippen LogP contribution is 2.23. The fourth-order valence-electron chi connectivity index (χ4n) is 2.00. The van der Waals surface area contributed by atoms with Gasteiger partial charge in [-0.25, -0.2) is 0 Å². The van der Waals surface area contributed by atoms with E-state index in [1.807, 2.05) is 36.4 Å². The Bertz CT molecular complexity index is 736. The molecular formula is C15H13ClN4. The van der Waals surface area contributed by atoms with E-state index in [0.29, 0.717) is 17.4 Å². The van der Waals surface area contributed by atoms with E-state index >= 15 is 0 Å². The SMILES string of the molecule is Cc1ccccc1Cn1nnc(-c2ccccc2Cl)n1. The maximum absolute atomic E-state index is 6.14. The molecule has 20 heavy (non-hydrogen) atoms. The standard InChI is InChI=1S/C15H13ClN4/c1-11-6-2-3-7-12(11)10-20-18-15(17-19-20)13-8-4-5-9-14(13)16/h2-9H,10H2,1H3. The smallest absolute Gasteiger partial charge is 0.159 e. The summed E-state index contributed by atoms with van der Waals surface area (Å²) >= 11 is 6.14. The monoisotopic (exact) mass is 284 g/mol. The third kappa shape index (κ3) is 2.56. The van der Waals surface area contributed by atoms with Crippen molar-refractivity contribution in [3.8, 4) is 11.4 Å². The van der Waals surface area contributed by atoms with Crippen LogP contribution in [0.4, 0.5) is 0 Å². The summed E-state index contributed by atoms with van der Waals surface area (Å²) in [6, 6.07) is 15.6. The molecule has 4 nitrogen and oxygen atoms in total. The van der Waals surface area contributed by atoms with Crippen molar-refractivity contribution in [1.29, 1.82) is 0 Å². The van der Waals surface area contributed by atoms with E-state index < -0.39 is 0 Å². The second-order valence-corrected chi connectivity index (χ2v) is 4.96. The zero-order valence-electron chi connectivity index (χ0n) is 11.0. The molecule has 100 valence electrons. The van der Waals surface area contributed by atoms with Crippen molar-refractivity contribution in [2.45, 2.75) is 13.5 Å². The zero-order chi connectivity index (χ0) is 13.9. The molecule has 0 aliphatic heterocycles. The van der Waals surface area contributed by atoms with Gasteiger partial charge >= 0.3 is 0 Å². The molecule has 1 aromatic heterocycles. The Balaban J connectivity index is 1.88. The molecule has 0 aliphatic carbocycles. The van der Waals surface area contributed by atoms with E-state index in [-0.39, 0.29) is 0 Å². The van der Waals surface area contributed by atoms with E-state index in [2.05, 4.69) is 34.5 Å². The molecule has 0 N–H and O–H groups in total. The largest absolute Gasteiger partial charge is 0.206 e. The number of aryl methyl sites for hydroxylation is 1. The highest BCUT2D eigenvalue weighted by molar-refractivity contribution is 6.33. The predicted molar refractivity (Wildman–Crippen MR) is 78.5 cm³/mol. The van der Waals surface area contributed by atoms with Gasteiger partial charge in [-0.1, -0.05) is 48.0 Å². The van der Waals surface area contributed by atoms with Crippen molar-refractivity contribution in [2.75, 3.05) is 0 Å². The Kier molecular flexibility index (Phi) is 3.48. The number of hydrogen-bond donors (Lipinski definition) is 0. The van der Waals surface area contributed by atoms with Crippen LogP contribution in [0, 0.1) is 6.92 Å². The third-order valence-corrected chi connectivity index (χ3v) is 3.47. The van der Waals surface area contributed by atoms with Gasteiger partial charge in [0.15, 0.2) is 0 Å². The molecule has 0 unspecified atom stereocenters. The van der Waals surface area contributed by atoms with Crippen molar-refractivity contribution in [3.05, 3.63) is 64.7 Å². The highest BCUT2D eigenvalue weighted by Gasteiger charge is 2.09. The van der Waals surface area contributed by atoms with Crippen molar-refractivity contribution < 1.29 is 0 Å². The van der Waals surface area contributed by atoms with Crippen LogP contribution < -0.4 is 0 Å². The van der Waals surface area contributed by atoms with Crippen LogP contribution in [0.2, 0.25) is 5.02 Å². The van der Waals surface area contributed by atoms with Crippen LogP contribution in [0.5, 0.6) is 0 Å². The van der Waals surface area contributed by atoms with Gasteiger partial charge in [-0.2, -0.15) is 4.80 Å². The summed E-state index contributed by atoms with van der Waals surface area (Å²) in [7, 11) is 0. The summed E-state index contributed by atoms with van der Waals surface area (Å²) in [5.74, 6) is 0.546. The minimum absolute atomic E-state index is 0.546. The maximum Gasteiger partial charge on any atom is 0.206 e. The summed E-state index contributed by atoms with van der Waals surface area (Å²) in [6.07, 6.45) is 0. The fraction of sp³-hybridized carbons (Fsp3) is 0.133. The lowest BCUT2D eigenvalue weighted by molar-refractivity contribution is 0.571. The highest BCUT2D eigenvalue weighted by atomic mass is 35.5. The summed E-state index contributed by atoms with van der Waals surface area (Å²) in [4.78, 5) is 1.58. The number of nitrogens with zero attached hydrogens (tertiary/aromatic N) is 4. The average molecular weight is 285 g/mol. The van der Waals surface area contributed by atoms with Gasteiger partial charge in [0.1, 0.15) is 0 Å². The van der Waals surface area contributed by atoms with Crippen LogP contribution in [0.3, 0.4) is 0 Å². The number of aromatic nitrogens is 4. The summed E-state index contributed by atoms with van der Waals surface area (Å²) < 4.78 is 0. The minimum Gasteiger partial charge on any atom is -0.159 e. The second-order valence-electron chi connectivity index (χ2n) is 4.55. The predicted octanol–water partition coefficient (Wildman–Crippen LogP) is 3.35. The van der Waals surface area contributed by atoms with Gasteiger partial charge in [-0.15, -0.1) is 10.2 Å². The molecule has 1 heterocycles. The molecule has 0 saturated carbocycles. The third-order valence-electron chi connectivity index (χ3n) is 3.14. The number of benzene rings is 2. The van der Waals surface area contributed by atoms with Crippen LogP contribution in [-0.2, 0) is 6.54 Å². The Morgan fingerprint density at radius 2 is 1.80 bits per heavy atom. The van der Waals surface area contributed by atoms with Gasteiger partial charge in [0.2, 0.25) is 5.82 Å². The Hall–Kier alpha value is -2.20. The van der Waals surface area contributed by atoms with Crippen LogP contribution >= 0.6 is 11.6 Å². The van der Waals surface area contributed by atoms with Gasteiger partial charge in [0.05, 0.1) is 11.6 Å². The first-order valence-electron chi connectivity index (χ1n) is 6.31. The maximum atomic E-state index is 6.14. The molecule has 0 atom stereocenters. The van der Waals surface area contributed by atoms with Crippen LogP contribution in [0.1, 0.15) is 11.1 Å². The van der Waals surface area contributed by atoms with Crippen molar-refractivity contribution in [1.82, 2.24) is 20.2 Å². The van der Waals surface area contributed by atoms with Crippen molar-refractivity contribution in [2.24, 2.45) is 0 Å².